The van der Waals surface area contributed by atoms with E-state index in [4.69, 9.17) is 24.4 Å². The molecule has 4 aromatic heterocycles. The van der Waals surface area contributed by atoms with Crippen LogP contribution in [0.2, 0.25) is 0 Å². The second kappa shape index (κ2) is 13.0. The van der Waals surface area contributed by atoms with E-state index in [-0.39, 0.29) is 0 Å². The zero-order valence-corrected chi connectivity index (χ0v) is 31.7. The first kappa shape index (κ1) is 32.7. The summed E-state index contributed by atoms with van der Waals surface area (Å²) in [6, 6.07) is 63.2. The quantitative estimate of drug-likeness (QED) is 0.164. The molecule has 0 atom stereocenters. The number of pyridine rings is 1. The van der Waals surface area contributed by atoms with Gasteiger partial charge in [-0.1, -0.05) is 133 Å². The van der Waals surface area contributed by atoms with Gasteiger partial charge in [0.25, 0.3) is 0 Å². The molecule has 0 bridgehead atoms. The normalized spacial score (nSPS) is 11.8. The maximum atomic E-state index is 6.55. The number of benzene rings is 8. The topological polar surface area (TPSA) is 64.7 Å². The highest BCUT2D eigenvalue weighted by Crippen LogP contribution is 2.43. The van der Waals surface area contributed by atoms with Crippen molar-refractivity contribution in [1.29, 1.82) is 0 Å². The van der Waals surface area contributed by atoms with Crippen LogP contribution in [0.1, 0.15) is 0 Å². The minimum Gasteiger partial charge on any atom is -0.456 e. The van der Waals surface area contributed by atoms with Crippen molar-refractivity contribution in [1.82, 2.24) is 19.9 Å². The predicted octanol–water partition coefficient (Wildman–Crippen LogP) is 14.2. The fraction of sp³-hybridized carbons (Fsp3) is 0. The highest BCUT2D eigenvalue weighted by atomic mass is 32.1. The first-order valence-corrected chi connectivity index (χ1v) is 20.1. The average molecular weight is 759 g/mol. The molecule has 12 aromatic rings. The fourth-order valence-electron chi connectivity index (χ4n) is 8.45. The van der Waals surface area contributed by atoms with Crippen LogP contribution in [-0.2, 0) is 0 Å². The molecule has 0 aliphatic rings. The summed E-state index contributed by atoms with van der Waals surface area (Å²) in [5, 5.41) is 7.86. The van der Waals surface area contributed by atoms with Crippen LogP contribution in [0.3, 0.4) is 0 Å². The number of para-hydroxylation sites is 1. The number of hydrogen-bond acceptors (Lipinski definition) is 6. The van der Waals surface area contributed by atoms with Crippen molar-refractivity contribution >= 4 is 75.1 Å². The van der Waals surface area contributed by atoms with E-state index in [0.717, 1.165) is 82.7 Å². The molecule has 0 amide bonds. The SMILES string of the molecule is c1ccc(-c2nc(-c3cccc(-c4ccc5oc6ccc7c(-c8ccccc8)nc8ccccc8c7c6c5c4)c3)nc(-c3cccc4sc5ccccc5c34)n2)cc1. The number of furan rings is 1. The minimum atomic E-state index is 0.621. The van der Waals surface area contributed by atoms with Gasteiger partial charge in [0, 0.05) is 69.4 Å². The van der Waals surface area contributed by atoms with E-state index < -0.39 is 0 Å². The highest BCUT2D eigenvalue weighted by molar-refractivity contribution is 7.25. The zero-order valence-electron chi connectivity index (χ0n) is 30.9. The molecule has 12 rings (SSSR count). The summed E-state index contributed by atoms with van der Waals surface area (Å²) in [4.78, 5) is 20.6. The molecule has 0 radical (unpaired) electrons. The van der Waals surface area contributed by atoms with E-state index in [1.54, 1.807) is 11.3 Å². The van der Waals surface area contributed by atoms with Crippen LogP contribution in [0, 0.1) is 0 Å². The van der Waals surface area contributed by atoms with Crippen LogP contribution in [0.5, 0.6) is 0 Å². The van der Waals surface area contributed by atoms with Crippen LogP contribution in [0.15, 0.2) is 186 Å². The summed E-state index contributed by atoms with van der Waals surface area (Å²) >= 11 is 1.79. The Bertz CT molecular complexity index is 3570. The molecule has 0 fully saturated rings. The number of rotatable bonds is 5. The summed E-state index contributed by atoms with van der Waals surface area (Å²) in [5.41, 5.74) is 9.66. The number of thiophene rings is 1. The average Bonchev–Trinajstić information content (AvgIpc) is 3.87. The van der Waals surface area contributed by atoms with E-state index in [0.29, 0.717) is 17.5 Å². The molecule has 0 spiro atoms. The summed E-state index contributed by atoms with van der Waals surface area (Å²) in [6.07, 6.45) is 0. The Morgan fingerprint density at radius 2 is 0.983 bits per heavy atom. The molecule has 0 aliphatic heterocycles. The first-order valence-electron chi connectivity index (χ1n) is 19.3. The van der Waals surface area contributed by atoms with Gasteiger partial charge in [-0.05, 0) is 59.7 Å². The molecule has 4 heterocycles. The van der Waals surface area contributed by atoms with Crippen molar-refractivity contribution in [2.24, 2.45) is 0 Å². The van der Waals surface area contributed by atoms with Crippen molar-refractivity contribution in [3.63, 3.8) is 0 Å². The number of fused-ring (bicyclic) bond motifs is 10. The third-order valence-corrected chi connectivity index (χ3v) is 12.2. The van der Waals surface area contributed by atoms with E-state index in [9.17, 15) is 0 Å². The molecule has 0 saturated carbocycles. The van der Waals surface area contributed by atoms with Gasteiger partial charge >= 0.3 is 0 Å². The van der Waals surface area contributed by atoms with Crippen molar-refractivity contribution in [3.8, 4) is 56.5 Å². The molecule has 0 saturated heterocycles. The molecule has 8 aromatic carbocycles. The van der Waals surface area contributed by atoms with Gasteiger partial charge in [-0.3, -0.25) is 0 Å². The van der Waals surface area contributed by atoms with Gasteiger partial charge in [-0.2, -0.15) is 0 Å². The van der Waals surface area contributed by atoms with Crippen LogP contribution in [0.4, 0.5) is 0 Å². The third kappa shape index (κ3) is 5.23. The molecule has 58 heavy (non-hydrogen) atoms. The van der Waals surface area contributed by atoms with Gasteiger partial charge in [-0.25, -0.2) is 19.9 Å². The van der Waals surface area contributed by atoms with Gasteiger partial charge in [0.15, 0.2) is 17.5 Å². The van der Waals surface area contributed by atoms with Gasteiger partial charge < -0.3 is 4.42 Å². The predicted molar refractivity (Wildman–Crippen MR) is 240 cm³/mol. The summed E-state index contributed by atoms with van der Waals surface area (Å²) in [6.45, 7) is 0. The van der Waals surface area contributed by atoms with Gasteiger partial charge in [-0.15, -0.1) is 11.3 Å². The number of aromatic nitrogens is 4. The Hall–Kier alpha value is -7.54. The second-order valence-electron chi connectivity index (χ2n) is 14.5. The molecule has 0 unspecified atom stereocenters. The van der Waals surface area contributed by atoms with Gasteiger partial charge in [0.1, 0.15) is 11.2 Å². The van der Waals surface area contributed by atoms with E-state index >= 15 is 0 Å². The molecule has 0 N–H and O–H groups in total. The molecule has 6 heteroatoms. The lowest BCUT2D eigenvalue weighted by atomic mass is 9.95. The van der Waals surface area contributed by atoms with Crippen molar-refractivity contribution < 1.29 is 4.42 Å². The number of nitrogens with zero attached hydrogens (tertiary/aromatic N) is 4. The Labute approximate surface area is 336 Å². The lowest BCUT2D eigenvalue weighted by Gasteiger charge is -2.11. The molecule has 5 nitrogen and oxygen atoms in total. The van der Waals surface area contributed by atoms with E-state index in [2.05, 4.69) is 158 Å². The van der Waals surface area contributed by atoms with Gasteiger partial charge in [0.2, 0.25) is 0 Å². The highest BCUT2D eigenvalue weighted by Gasteiger charge is 2.20. The van der Waals surface area contributed by atoms with Crippen LogP contribution >= 0.6 is 11.3 Å². The van der Waals surface area contributed by atoms with Crippen molar-refractivity contribution in [3.05, 3.63) is 182 Å². The summed E-state index contributed by atoms with van der Waals surface area (Å²) in [5.74, 6) is 1.91. The molecular formula is C52H30N4OS. The second-order valence-corrected chi connectivity index (χ2v) is 15.6. The summed E-state index contributed by atoms with van der Waals surface area (Å²) in [7, 11) is 0. The molecule has 270 valence electrons. The van der Waals surface area contributed by atoms with Gasteiger partial charge in [0.05, 0.1) is 11.2 Å². The fourth-order valence-corrected chi connectivity index (χ4v) is 9.58. The smallest absolute Gasteiger partial charge is 0.164 e. The minimum absolute atomic E-state index is 0.621. The Kier molecular flexibility index (Phi) is 7.33. The lowest BCUT2D eigenvalue weighted by molar-refractivity contribution is 0.669. The van der Waals surface area contributed by atoms with E-state index in [1.165, 1.54) is 20.2 Å². The first-order chi connectivity index (χ1) is 28.7. The Balaban J connectivity index is 1.04. The van der Waals surface area contributed by atoms with Crippen molar-refractivity contribution in [2.45, 2.75) is 0 Å². The third-order valence-electron chi connectivity index (χ3n) is 11.1. The lowest BCUT2D eigenvalue weighted by Crippen LogP contribution is -2.00. The monoisotopic (exact) mass is 758 g/mol. The van der Waals surface area contributed by atoms with Crippen LogP contribution in [-0.4, -0.2) is 19.9 Å². The summed E-state index contributed by atoms with van der Waals surface area (Å²) < 4.78 is 9.00. The maximum absolute atomic E-state index is 6.55. The van der Waals surface area contributed by atoms with Crippen molar-refractivity contribution in [2.75, 3.05) is 0 Å². The zero-order chi connectivity index (χ0) is 38.2. The maximum Gasteiger partial charge on any atom is 0.164 e. The Morgan fingerprint density at radius 1 is 0.345 bits per heavy atom. The largest absolute Gasteiger partial charge is 0.456 e. The van der Waals surface area contributed by atoms with E-state index in [1.807, 2.05) is 24.3 Å². The standard InChI is InChI=1S/C52H30N4OS/c1-3-13-31(14-4-1)49-38-26-28-43-48(47(38)36-19-7-9-22-41(36)53-49)40-30-34(25-27-42(40)57-43)33-17-11-18-35(29-33)51-54-50(32-15-5-2-6-16-32)55-52(56-51)39-21-12-24-45-46(39)37-20-8-10-23-44(37)58-45/h1-30H. The van der Waals surface area contributed by atoms with Crippen LogP contribution in [0.25, 0.3) is 120 Å². The van der Waals surface area contributed by atoms with Crippen LogP contribution < -0.4 is 0 Å². The Morgan fingerprint density at radius 3 is 1.84 bits per heavy atom. The number of hydrogen-bond donors (Lipinski definition) is 0. The molecule has 0 aliphatic carbocycles. The molecular weight excluding hydrogens is 729 g/mol.